The summed E-state index contributed by atoms with van der Waals surface area (Å²) in [6.45, 7) is 12.9. The van der Waals surface area contributed by atoms with Gasteiger partial charge in [0.2, 0.25) is 5.91 Å². The molecule has 0 aliphatic heterocycles. The molecule has 0 unspecified atom stereocenters. The van der Waals surface area contributed by atoms with Gasteiger partial charge in [0, 0.05) is 13.9 Å². The Bertz CT molecular complexity index is 665. The molecule has 158 valence electrons. The van der Waals surface area contributed by atoms with Gasteiger partial charge in [-0.3, -0.25) is 9.59 Å². The van der Waals surface area contributed by atoms with Gasteiger partial charge >= 0.3 is 5.97 Å². The van der Waals surface area contributed by atoms with Crippen LogP contribution in [-0.4, -0.2) is 18.4 Å². The first kappa shape index (κ1) is 22.4. The van der Waals surface area contributed by atoms with Gasteiger partial charge in [-0.15, -0.1) is 0 Å². The van der Waals surface area contributed by atoms with Crippen LogP contribution in [0.25, 0.3) is 0 Å². The maximum Gasteiger partial charge on any atom is 0.311 e. The molecule has 1 fully saturated rings. The molecule has 1 N–H and O–H groups in total. The van der Waals surface area contributed by atoms with E-state index in [1.165, 1.54) is 0 Å². The number of amides is 1. The van der Waals surface area contributed by atoms with Gasteiger partial charge in [-0.05, 0) is 41.2 Å². The van der Waals surface area contributed by atoms with Crippen LogP contribution in [0.4, 0.5) is 0 Å². The Balaban J connectivity index is 0.00000420. The number of carbonyl (C=O) groups is 2. The SMILES string of the molecule is CC(C)c1cccc(C(C)C)c1OC(=O)CC(C)(C)CNC(=O)C1CCCC1.[HH]. The maximum atomic E-state index is 12.7. The second kappa shape index (κ2) is 9.58. The molecule has 1 aromatic rings. The van der Waals surface area contributed by atoms with Gasteiger partial charge in [0.05, 0.1) is 6.42 Å². The quantitative estimate of drug-likeness (QED) is 0.451. The van der Waals surface area contributed by atoms with Crippen LogP contribution in [-0.2, 0) is 9.59 Å². The third-order valence-electron chi connectivity index (χ3n) is 5.63. The fourth-order valence-corrected chi connectivity index (χ4v) is 3.86. The molecule has 4 nitrogen and oxygen atoms in total. The molecule has 0 bridgehead atoms. The molecule has 1 aliphatic rings. The number of hydrogen-bond donors (Lipinski definition) is 1. The Labute approximate surface area is 171 Å². The second-order valence-electron chi connectivity index (χ2n) is 9.59. The molecule has 1 saturated carbocycles. The Morgan fingerprint density at radius 1 is 1.11 bits per heavy atom. The van der Waals surface area contributed by atoms with Crippen molar-refractivity contribution in [2.45, 2.75) is 85.5 Å². The van der Waals surface area contributed by atoms with Crippen LogP contribution in [0.5, 0.6) is 5.75 Å². The van der Waals surface area contributed by atoms with Gasteiger partial charge in [0.15, 0.2) is 0 Å². The topological polar surface area (TPSA) is 55.4 Å². The molecule has 4 heteroatoms. The maximum absolute atomic E-state index is 12.7. The van der Waals surface area contributed by atoms with Crippen molar-refractivity contribution in [3.8, 4) is 5.75 Å². The molecule has 28 heavy (non-hydrogen) atoms. The summed E-state index contributed by atoms with van der Waals surface area (Å²) in [6.07, 6.45) is 4.51. The van der Waals surface area contributed by atoms with Crippen molar-refractivity contribution in [2.24, 2.45) is 11.3 Å². The van der Waals surface area contributed by atoms with E-state index in [9.17, 15) is 9.59 Å². The smallest absolute Gasteiger partial charge is 0.311 e. The number of esters is 1. The van der Waals surface area contributed by atoms with Crippen molar-refractivity contribution < 1.29 is 15.8 Å². The first-order chi connectivity index (χ1) is 13.1. The number of hydrogen-bond acceptors (Lipinski definition) is 3. The third-order valence-corrected chi connectivity index (χ3v) is 5.63. The van der Waals surface area contributed by atoms with Crippen molar-refractivity contribution in [1.29, 1.82) is 0 Å². The molecule has 0 atom stereocenters. The van der Waals surface area contributed by atoms with Gasteiger partial charge in [-0.1, -0.05) is 72.6 Å². The van der Waals surface area contributed by atoms with Crippen LogP contribution in [0.2, 0.25) is 0 Å². The summed E-state index contributed by atoms with van der Waals surface area (Å²) in [6, 6.07) is 6.10. The Hall–Kier alpha value is -1.84. The first-order valence-electron chi connectivity index (χ1n) is 10.7. The molecule has 1 aliphatic carbocycles. The van der Waals surface area contributed by atoms with E-state index >= 15 is 0 Å². The molecule has 0 radical (unpaired) electrons. The highest BCUT2D eigenvalue weighted by atomic mass is 16.5. The summed E-state index contributed by atoms with van der Waals surface area (Å²) in [7, 11) is 0. The molecule has 1 amide bonds. The lowest BCUT2D eigenvalue weighted by Gasteiger charge is -2.26. The summed E-state index contributed by atoms with van der Waals surface area (Å²) >= 11 is 0. The Morgan fingerprint density at radius 3 is 2.14 bits per heavy atom. The zero-order chi connectivity index (χ0) is 20.9. The molecule has 0 saturated heterocycles. The highest BCUT2D eigenvalue weighted by Crippen LogP contribution is 2.35. The van der Waals surface area contributed by atoms with E-state index in [0.29, 0.717) is 12.3 Å². The third kappa shape index (κ3) is 6.08. The van der Waals surface area contributed by atoms with E-state index in [0.717, 1.165) is 36.8 Å². The average molecular weight is 390 g/mol. The Morgan fingerprint density at radius 2 is 1.64 bits per heavy atom. The summed E-state index contributed by atoms with van der Waals surface area (Å²) in [5.74, 6) is 1.30. The fourth-order valence-electron chi connectivity index (χ4n) is 3.86. The number of ether oxygens (including phenoxy) is 1. The number of rotatable bonds is 8. The minimum absolute atomic E-state index is 0. The lowest BCUT2D eigenvalue weighted by atomic mass is 9.89. The summed E-state index contributed by atoms with van der Waals surface area (Å²) in [5.41, 5.74) is 1.77. The lowest BCUT2D eigenvalue weighted by Crippen LogP contribution is -2.38. The van der Waals surface area contributed by atoms with Crippen molar-refractivity contribution in [1.82, 2.24) is 5.32 Å². The molecule has 0 spiro atoms. The summed E-state index contributed by atoms with van der Waals surface area (Å²) < 4.78 is 5.89. The first-order valence-corrected chi connectivity index (χ1v) is 10.7. The molecule has 0 aromatic heterocycles. The minimum atomic E-state index is -0.351. The number of para-hydroxylation sites is 1. The van der Waals surface area contributed by atoms with Crippen LogP contribution in [0.3, 0.4) is 0 Å². The van der Waals surface area contributed by atoms with E-state index in [1.54, 1.807) is 0 Å². The van der Waals surface area contributed by atoms with Crippen LogP contribution >= 0.6 is 0 Å². The van der Waals surface area contributed by atoms with Gasteiger partial charge in [0.25, 0.3) is 0 Å². The van der Waals surface area contributed by atoms with Gasteiger partial charge in [0.1, 0.15) is 5.75 Å². The zero-order valence-corrected chi connectivity index (χ0v) is 18.4. The highest BCUT2D eigenvalue weighted by Gasteiger charge is 2.28. The monoisotopic (exact) mass is 389 g/mol. The van der Waals surface area contributed by atoms with E-state index < -0.39 is 0 Å². The second-order valence-corrected chi connectivity index (χ2v) is 9.59. The molecule has 1 aromatic carbocycles. The highest BCUT2D eigenvalue weighted by molar-refractivity contribution is 5.79. The largest absolute Gasteiger partial charge is 0.426 e. The van der Waals surface area contributed by atoms with Gasteiger partial charge in [-0.2, -0.15) is 0 Å². The summed E-state index contributed by atoms with van der Waals surface area (Å²) in [5, 5.41) is 3.05. The standard InChI is InChI=1S/C24H37NO3.H2/c1-16(2)19-12-9-13-20(17(3)4)22(19)28-21(26)14-24(5,6)15-25-23(27)18-10-7-8-11-18;/h9,12-13,16-18H,7-8,10-11,14-15H2,1-6H3,(H,25,27);1H. The van der Waals surface area contributed by atoms with Crippen LogP contribution < -0.4 is 10.1 Å². The minimum Gasteiger partial charge on any atom is -0.426 e. The van der Waals surface area contributed by atoms with E-state index in [1.807, 2.05) is 32.0 Å². The number of benzene rings is 1. The van der Waals surface area contributed by atoms with Gasteiger partial charge in [-0.25, -0.2) is 0 Å². The predicted molar refractivity (Wildman–Crippen MR) is 116 cm³/mol. The predicted octanol–water partition coefficient (Wildman–Crippen LogP) is 5.81. The van der Waals surface area contributed by atoms with E-state index in [-0.39, 0.29) is 42.9 Å². The van der Waals surface area contributed by atoms with Crippen LogP contribution in [0, 0.1) is 11.3 Å². The average Bonchev–Trinajstić information content (AvgIpc) is 3.13. The van der Waals surface area contributed by atoms with Crippen molar-refractivity contribution in [2.75, 3.05) is 6.54 Å². The lowest BCUT2D eigenvalue weighted by molar-refractivity contribution is -0.137. The molecular weight excluding hydrogens is 350 g/mol. The number of carbonyl (C=O) groups excluding carboxylic acids is 2. The van der Waals surface area contributed by atoms with Crippen molar-refractivity contribution in [3.05, 3.63) is 29.3 Å². The van der Waals surface area contributed by atoms with Crippen LogP contribution in [0.15, 0.2) is 18.2 Å². The number of nitrogens with one attached hydrogen (secondary N) is 1. The fraction of sp³-hybridized carbons (Fsp3) is 0.667. The van der Waals surface area contributed by atoms with Crippen LogP contribution in [0.1, 0.15) is 98.0 Å². The zero-order valence-electron chi connectivity index (χ0n) is 18.4. The van der Waals surface area contributed by atoms with Crippen molar-refractivity contribution >= 4 is 11.9 Å². The Kier molecular flexibility index (Phi) is 7.68. The summed E-state index contributed by atoms with van der Waals surface area (Å²) in [4.78, 5) is 25.0. The normalized spacial score (nSPS) is 15.3. The molecule has 0 heterocycles. The van der Waals surface area contributed by atoms with Crippen molar-refractivity contribution in [3.63, 3.8) is 0 Å². The van der Waals surface area contributed by atoms with E-state index in [2.05, 4.69) is 33.0 Å². The molecule has 2 rings (SSSR count). The molecular formula is C24H39NO3. The van der Waals surface area contributed by atoms with Gasteiger partial charge < -0.3 is 10.1 Å². The van der Waals surface area contributed by atoms with E-state index in [4.69, 9.17) is 4.74 Å².